The molecule has 1 heterocycles. The average Bonchev–Trinajstić information content (AvgIpc) is 3.07. The lowest BCUT2D eigenvalue weighted by Gasteiger charge is -2.12. The molecule has 10 heteroatoms. The van der Waals surface area contributed by atoms with Gasteiger partial charge in [0.25, 0.3) is 16.8 Å². The van der Waals surface area contributed by atoms with Gasteiger partial charge in [0.1, 0.15) is 5.75 Å². The molecule has 8 nitrogen and oxygen atoms in total. The molecule has 4 rings (SSSR count). The highest BCUT2D eigenvalue weighted by Crippen LogP contribution is 2.33. The second-order valence-electron chi connectivity index (χ2n) is 7.16. The highest BCUT2D eigenvalue weighted by atomic mass is 35.5. The fraction of sp³-hybridized carbons (Fsp3) is 0.0417. The van der Waals surface area contributed by atoms with E-state index in [4.69, 9.17) is 16.3 Å². The zero-order chi connectivity index (χ0) is 24.2. The summed E-state index contributed by atoms with van der Waals surface area (Å²) >= 11 is 6.82. The number of esters is 1. The zero-order valence-electron chi connectivity index (χ0n) is 17.3. The predicted octanol–water partition coefficient (Wildman–Crippen LogP) is 5.70. The Morgan fingerprint density at radius 3 is 2.50 bits per heavy atom. The van der Waals surface area contributed by atoms with Crippen LogP contribution in [0.2, 0.25) is 5.02 Å². The molecule has 0 bridgehead atoms. The van der Waals surface area contributed by atoms with E-state index < -0.39 is 16.8 Å². The Labute approximate surface area is 202 Å². The number of hydrogen-bond acceptors (Lipinski definition) is 7. The number of non-ortho nitro benzene ring substituents is 1. The normalized spacial score (nSPS) is 14.5. The van der Waals surface area contributed by atoms with Crippen LogP contribution in [0.15, 0.2) is 77.7 Å². The van der Waals surface area contributed by atoms with Crippen LogP contribution < -0.4 is 4.74 Å². The molecule has 0 aromatic heterocycles. The van der Waals surface area contributed by atoms with Gasteiger partial charge in [-0.3, -0.25) is 24.6 Å². The maximum atomic E-state index is 12.7. The van der Waals surface area contributed by atoms with Crippen LogP contribution in [0, 0.1) is 10.1 Å². The maximum absolute atomic E-state index is 12.7. The number of halogens is 1. The fourth-order valence-corrected chi connectivity index (χ4v) is 4.20. The molecule has 0 spiro atoms. The van der Waals surface area contributed by atoms with Crippen molar-refractivity contribution in [1.29, 1.82) is 0 Å². The summed E-state index contributed by atoms with van der Waals surface area (Å²) in [4.78, 5) is 49.1. The van der Waals surface area contributed by atoms with Gasteiger partial charge >= 0.3 is 5.97 Å². The number of benzene rings is 3. The van der Waals surface area contributed by atoms with E-state index in [9.17, 15) is 24.5 Å². The summed E-state index contributed by atoms with van der Waals surface area (Å²) in [5.74, 6) is -0.919. The predicted molar refractivity (Wildman–Crippen MR) is 127 cm³/mol. The third-order valence-corrected chi connectivity index (χ3v) is 5.93. The van der Waals surface area contributed by atoms with Crippen molar-refractivity contribution in [3.63, 3.8) is 0 Å². The Morgan fingerprint density at radius 1 is 1.06 bits per heavy atom. The number of amides is 2. The number of rotatable bonds is 6. The standard InChI is InChI=1S/C24H15ClN2O6S/c25-18-5-1-3-16(11-18)14-26-22(28)21(34-24(26)30)12-15-7-9-20(10-8-15)33-23(29)17-4-2-6-19(13-17)27(31)32/h1-13H,14H2/b21-12-. The van der Waals surface area contributed by atoms with Crippen LogP contribution in [0.1, 0.15) is 21.5 Å². The third-order valence-electron chi connectivity index (χ3n) is 4.78. The summed E-state index contributed by atoms with van der Waals surface area (Å²) in [6, 6.07) is 18.5. The summed E-state index contributed by atoms with van der Waals surface area (Å²) in [6.07, 6.45) is 1.58. The lowest BCUT2D eigenvalue weighted by Crippen LogP contribution is -2.27. The Morgan fingerprint density at radius 2 is 1.79 bits per heavy atom. The minimum absolute atomic E-state index is 0.0478. The molecule has 0 saturated carbocycles. The van der Waals surface area contributed by atoms with Crippen molar-refractivity contribution in [2.24, 2.45) is 0 Å². The lowest BCUT2D eigenvalue weighted by atomic mass is 10.2. The first kappa shape index (κ1) is 23.2. The highest BCUT2D eigenvalue weighted by Gasteiger charge is 2.35. The van der Waals surface area contributed by atoms with Crippen molar-refractivity contribution in [2.75, 3.05) is 0 Å². The van der Waals surface area contributed by atoms with E-state index in [0.29, 0.717) is 10.6 Å². The molecule has 0 N–H and O–H groups in total. The first-order valence-electron chi connectivity index (χ1n) is 9.87. The van der Waals surface area contributed by atoms with E-state index in [0.717, 1.165) is 28.3 Å². The Bertz CT molecular complexity index is 1340. The van der Waals surface area contributed by atoms with Crippen LogP contribution in [0.3, 0.4) is 0 Å². The number of nitrogens with zero attached hydrogens (tertiary/aromatic N) is 2. The van der Waals surface area contributed by atoms with Crippen LogP contribution in [0.4, 0.5) is 10.5 Å². The number of carbonyl (C=O) groups is 3. The molecule has 170 valence electrons. The number of nitro benzene ring substituents is 1. The van der Waals surface area contributed by atoms with Gasteiger partial charge in [-0.25, -0.2) is 4.79 Å². The monoisotopic (exact) mass is 494 g/mol. The molecule has 3 aromatic rings. The summed E-state index contributed by atoms with van der Waals surface area (Å²) in [6.45, 7) is 0.120. The van der Waals surface area contributed by atoms with Crippen molar-refractivity contribution in [3.8, 4) is 5.75 Å². The number of thioether (sulfide) groups is 1. The molecular weight excluding hydrogens is 480 g/mol. The van der Waals surface area contributed by atoms with E-state index in [2.05, 4.69) is 0 Å². The van der Waals surface area contributed by atoms with E-state index in [1.165, 1.54) is 30.3 Å². The molecule has 0 unspecified atom stereocenters. The van der Waals surface area contributed by atoms with Gasteiger partial charge in [0.2, 0.25) is 0 Å². The van der Waals surface area contributed by atoms with Crippen LogP contribution in [-0.2, 0) is 11.3 Å². The van der Waals surface area contributed by atoms with Crippen molar-refractivity contribution >= 4 is 52.2 Å². The van der Waals surface area contributed by atoms with Crippen molar-refractivity contribution < 1.29 is 24.0 Å². The van der Waals surface area contributed by atoms with Crippen LogP contribution in [-0.4, -0.2) is 26.9 Å². The van der Waals surface area contributed by atoms with Crippen molar-refractivity contribution in [1.82, 2.24) is 4.90 Å². The Kier molecular flexibility index (Phi) is 6.76. The molecule has 0 aliphatic carbocycles. The van der Waals surface area contributed by atoms with Gasteiger partial charge in [-0.2, -0.15) is 0 Å². The van der Waals surface area contributed by atoms with Gasteiger partial charge in [0.15, 0.2) is 0 Å². The lowest BCUT2D eigenvalue weighted by molar-refractivity contribution is -0.384. The minimum Gasteiger partial charge on any atom is -0.423 e. The average molecular weight is 495 g/mol. The number of nitro groups is 1. The smallest absolute Gasteiger partial charge is 0.343 e. The third kappa shape index (κ3) is 5.33. The molecule has 3 aromatic carbocycles. The number of ether oxygens (including phenoxy) is 1. The quantitative estimate of drug-likeness (QED) is 0.142. The summed E-state index contributed by atoms with van der Waals surface area (Å²) < 4.78 is 5.26. The van der Waals surface area contributed by atoms with Crippen LogP contribution in [0.5, 0.6) is 5.75 Å². The largest absolute Gasteiger partial charge is 0.423 e. The maximum Gasteiger partial charge on any atom is 0.343 e. The summed E-state index contributed by atoms with van der Waals surface area (Å²) in [5, 5.41) is 11.0. The zero-order valence-corrected chi connectivity index (χ0v) is 18.9. The molecule has 1 aliphatic heterocycles. The van der Waals surface area contributed by atoms with E-state index in [1.54, 1.807) is 42.5 Å². The molecule has 0 atom stereocenters. The number of imide groups is 1. The highest BCUT2D eigenvalue weighted by molar-refractivity contribution is 8.18. The van der Waals surface area contributed by atoms with E-state index in [1.807, 2.05) is 0 Å². The van der Waals surface area contributed by atoms with Gasteiger partial charge < -0.3 is 4.74 Å². The van der Waals surface area contributed by atoms with Crippen LogP contribution >= 0.6 is 23.4 Å². The topological polar surface area (TPSA) is 107 Å². The van der Waals surface area contributed by atoms with E-state index in [-0.39, 0.29) is 33.7 Å². The van der Waals surface area contributed by atoms with Gasteiger partial charge in [0.05, 0.1) is 21.9 Å². The van der Waals surface area contributed by atoms with Gasteiger partial charge in [-0.1, -0.05) is 41.9 Å². The summed E-state index contributed by atoms with van der Waals surface area (Å²) in [5.41, 5.74) is 1.20. The molecule has 1 saturated heterocycles. The van der Waals surface area contributed by atoms with Gasteiger partial charge in [-0.15, -0.1) is 0 Å². The first-order valence-corrected chi connectivity index (χ1v) is 11.1. The second-order valence-corrected chi connectivity index (χ2v) is 8.59. The Hall–Kier alpha value is -3.95. The van der Waals surface area contributed by atoms with Crippen molar-refractivity contribution in [3.05, 3.63) is 110 Å². The SMILES string of the molecule is O=C(Oc1ccc(/C=C2\SC(=O)N(Cc3cccc(Cl)c3)C2=O)cc1)c1cccc([N+](=O)[O-])c1. The van der Waals surface area contributed by atoms with Gasteiger partial charge in [-0.05, 0) is 59.3 Å². The Balaban J connectivity index is 1.43. The molecule has 2 amide bonds. The first-order chi connectivity index (χ1) is 16.3. The fourth-order valence-electron chi connectivity index (χ4n) is 3.15. The second kappa shape index (κ2) is 9.90. The number of carbonyl (C=O) groups excluding carboxylic acids is 3. The molecule has 0 radical (unpaired) electrons. The van der Waals surface area contributed by atoms with E-state index >= 15 is 0 Å². The summed E-state index contributed by atoms with van der Waals surface area (Å²) in [7, 11) is 0. The van der Waals surface area contributed by atoms with Crippen LogP contribution in [0.25, 0.3) is 6.08 Å². The van der Waals surface area contributed by atoms with Gasteiger partial charge in [0, 0.05) is 17.2 Å². The van der Waals surface area contributed by atoms with Crippen molar-refractivity contribution in [2.45, 2.75) is 6.54 Å². The molecular formula is C24H15ClN2O6S. The minimum atomic E-state index is -0.737. The molecule has 34 heavy (non-hydrogen) atoms. The molecule has 1 aliphatic rings. The molecule has 1 fully saturated rings. The number of hydrogen-bond donors (Lipinski definition) is 0.